The standard InChI is InChI=1S/C5H5.2ClH.Cr/c1-2-4-5-3-1;;;/h1-5H;2*1H;/q-1;;;+3/p-2. The Morgan fingerprint density at radius 2 is 1.50 bits per heavy atom. The average molecular weight is 188 g/mol. The molecule has 0 aromatic heterocycles. The van der Waals surface area contributed by atoms with Crippen LogP contribution in [0.25, 0.3) is 0 Å². The van der Waals surface area contributed by atoms with Crippen LogP contribution in [0, 0.1) is 0 Å². The molecule has 0 fully saturated rings. The molecular formula is C5H5Cl2Cr. The molecule has 0 atom stereocenters. The van der Waals surface area contributed by atoms with Gasteiger partial charge in [-0.3, -0.25) is 0 Å². The van der Waals surface area contributed by atoms with E-state index in [0.717, 1.165) is 0 Å². The van der Waals surface area contributed by atoms with Gasteiger partial charge in [0.05, 0.1) is 0 Å². The van der Waals surface area contributed by atoms with Gasteiger partial charge in [0.2, 0.25) is 0 Å². The van der Waals surface area contributed by atoms with E-state index in [1.807, 2.05) is 30.3 Å². The van der Waals surface area contributed by atoms with Crippen molar-refractivity contribution in [3.63, 3.8) is 0 Å². The van der Waals surface area contributed by atoms with Gasteiger partial charge in [-0.05, 0) is 0 Å². The summed E-state index contributed by atoms with van der Waals surface area (Å²) in [5.74, 6) is 0. The molecular weight excluding hydrogens is 183 g/mol. The van der Waals surface area contributed by atoms with Crippen molar-refractivity contribution >= 4 is 20.1 Å². The summed E-state index contributed by atoms with van der Waals surface area (Å²) < 4.78 is 0. The van der Waals surface area contributed by atoms with Gasteiger partial charge in [0.1, 0.15) is 0 Å². The molecule has 0 aliphatic carbocycles. The Balaban J connectivity index is 0.000000145. The number of rotatable bonds is 0. The Bertz CT molecular complexity index is 77.3. The minimum absolute atomic E-state index is 0.181. The van der Waals surface area contributed by atoms with Gasteiger partial charge in [-0.1, -0.05) is 0 Å². The van der Waals surface area contributed by atoms with Crippen molar-refractivity contribution < 1.29 is 13.4 Å². The minimum atomic E-state index is -0.181. The molecule has 0 saturated heterocycles. The van der Waals surface area contributed by atoms with Gasteiger partial charge in [-0.15, -0.1) is 0 Å². The predicted octanol–water partition coefficient (Wildman–Crippen LogP) is 2.78. The van der Waals surface area contributed by atoms with Gasteiger partial charge < -0.3 is 0 Å². The van der Waals surface area contributed by atoms with Crippen molar-refractivity contribution in [1.29, 1.82) is 0 Å². The van der Waals surface area contributed by atoms with Gasteiger partial charge in [0.25, 0.3) is 0 Å². The molecule has 0 unspecified atom stereocenters. The molecule has 45 valence electrons. The number of hydrogen-bond acceptors (Lipinski definition) is 0. The first-order valence-electron chi connectivity index (χ1n) is 1.98. The van der Waals surface area contributed by atoms with Crippen LogP contribution in [-0.4, -0.2) is 0 Å². The second-order valence-electron chi connectivity index (χ2n) is 1.02. The maximum absolute atomic E-state index is 4.83. The Morgan fingerprint density at radius 3 is 1.62 bits per heavy atom. The molecule has 0 aliphatic rings. The summed E-state index contributed by atoms with van der Waals surface area (Å²) in [6.07, 6.45) is 0. The van der Waals surface area contributed by atoms with Gasteiger partial charge >= 0.3 is 33.5 Å². The van der Waals surface area contributed by atoms with Crippen molar-refractivity contribution in [2.24, 2.45) is 0 Å². The molecule has 0 N–H and O–H groups in total. The molecule has 1 aromatic carbocycles. The van der Waals surface area contributed by atoms with Crippen molar-refractivity contribution in [3.05, 3.63) is 30.3 Å². The molecule has 0 radical (unpaired) electrons. The third-order valence-electron chi connectivity index (χ3n) is 0.556. The zero-order chi connectivity index (χ0) is 6.24. The summed E-state index contributed by atoms with van der Waals surface area (Å²) in [4.78, 5) is 0. The van der Waals surface area contributed by atoms with E-state index in [-0.39, 0.29) is 13.4 Å². The van der Waals surface area contributed by atoms with Crippen molar-refractivity contribution in [2.45, 2.75) is 0 Å². The second kappa shape index (κ2) is 7.46. The summed E-state index contributed by atoms with van der Waals surface area (Å²) in [6.45, 7) is 0. The topological polar surface area (TPSA) is 0 Å². The van der Waals surface area contributed by atoms with E-state index in [1.165, 1.54) is 0 Å². The SMILES string of the molecule is [Cl][Cr+][Cl].c1cc[cH-]c1. The Labute approximate surface area is 63.9 Å². The fourth-order valence-electron chi connectivity index (χ4n) is 0.321. The molecule has 1 aromatic rings. The van der Waals surface area contributed by atoms with Crippen LogP contribution in [0.4, 0.5) is 0 Å². The summed E-state index contributed by atoms with van der Waals surface area (Å²) >= 11 is -0.181. The van der Waals surface area contributed by atoms with Crippen LogP contribution in [0.1, 0.15) is 0 Å². The fraction of sp³-hybridized carbons (Fsp3) is 0. The summed E-state index contributed by atoms with van der Waals surface area (Å²) in [6, 6.07) is 10.0. The van der Waals surface area contributed by atoms with Crippen LogP contribution < -0.4 is 0 Å². The first-order chi connectivity index (χ1) is 3.91. The zero-order valence-electron chi connectivity index (χ0n) is 4.05. The summed E-state index contributed by atoms with van der Waals surface area (Å²) in [5, 5.41) is 0. The van der Waals surface area contributed by atoms with Crippen LogP contribution in [-0.2, 0) is 13.4 Å². The van der Waals surface area contributed by atoms with Gasteiger partial charge in [0.15, 0.2) is 0 Å². The maximum atomic E-state index is 4.83. The van der Waals surface area contributed by atoms with E-state index >= 15 is 0 Å². The van der Waals surface area contributed by atoms with Crippen LogP contribution in [0.5, 0.6) is 0 Å². The van der Waals surface area contributed by atoms with E-state index in [4.69, 9.17) is 20.1 Å². The second-order valence-corrected chi connectivity index (χ2v) is 3.13. The molecule has 0 spiro atoms. The molecule has 0 nitrogen and oxygen atoms in total. The quantitative estimate of drug-likeness (QED) is 0.549. The first-order valence-corrected chi connectivity index (χ1v) is 5.48. The van der Waals surface area contributed by atoms with Crippen LogP contribution in [0.2, 0.25) is 0 Å². The predicted molar refractivity (Wildman–Crippen MR) is 33.7 cm³/mol. The van der Waals surface area contributed by atoms with E-state index in [0.29, 0.717) is 0 Å². The molecule has 0 bridgehead atoms. The Morgan fingerprint density at radius 1 is 1.12 bits per heavy atom. The molecule has 1 rings (SSSR count). The van der Waals surface area contributed by atoms with Gasteiger partial charge in [-0.2, -0.15) is 18.2 Å². The van der Waals surface area contributed by atoms with E-state index < -0.39 is 0 Å². The monoisotopic (exact) mass is 187 g/mol. The number of halogens is 2. The van der Waals surface area contributed by atoms with E-state index in [1.54, 1.807) is 0 Å². The average Bonchev–Trinajstić information content (AvgIpc) is 2.17. The molecule has 3 heteroatoms. The third kappa shape index (κ3) is 6.46. The minimum Gasteiger partial charge on any atom is -0.214 e. The van der Waals surface area contributed by atoms with Crippen LogP contribution in [0.15, 0.2) is 30.3 Å². The van der Waals surface area contributed by atoms with Crippen LogP contribution >= 0.6 is 20.1 Å². The largest absolute Gasteiger partial charge is 0.214 e. The molecule has 0 aliphatic heterocycles. The first kappa shape index (κ1) is 8.46. The van der Waals surface area contributed by atoms with Gasteiger partial charge in [-0.25, -0.2) is 12.1 Å². The van der Waals surface area contributed by atoms with Crippen molar-refractivity contribution in [1.82, 2.24) is 0 Å². The molecule has 0 heterocycles. The summed E-state index contributed by atoms with van der Waals surface area (Å²) in [5.41, 5.74) is 0. The third-order valence-corrected chi connectivity index (χ3v) is 0.556. The van der Waals surface area contributed by atoms with E-state index in [9.17, 15) is 0 Å². The normalized spacial score (nSPS) is 6.75. The summed E-state index contributed by atoms with van der Waals surface area (Å²) in [7, 11) is 9.65. The van der Waals surface area contributed by atoms with Gasteiger partial charge in [0, 0.05) is 0 Å². The molecule has 0 amide bonds. The Kier molecular flexibility index (Phi) is 7.89. The van der Waals surface area contributed by atoms with Crippen molar-refractivity contribution in [2.75, 3.05) is 0 Å². The molecule has 8 heavy (non-hydrogen) atoms. The smallest absolute Gasteiger partial charge is 0.172 e. The van der Waals surface area contributed by atoms with Crippen LogP contribution in [0.3, 0.4) is 0 Å². The van der Waals surface area contributed by atoms with Crippen molar-refractivity contribution in [3.8, 4) is 0 Å². The molecule has 0 saturated carbocycles. The zero-order valence-corrected chi connectivity index (χ0v) is 6.84. The number of hydrogen-bond donors (Lipinski definition) is 0. The fourth-order valence-corrected chi connectivity index (χ4v) is 0.321. The maximum Gasteiger partial charge on any atom is -0.172 e. The van der Waals surface area contributed by atoms with E-state index in [2.05, 4.69) is 0 Å². The Hall–Kier alpha value is 0.462.